The lowest BCUT2D eigenvalue weighted by atomic mass is 10.1. The van der Waals surface area contributed by atoms with E-state index in [1.807, 2.05) is 0 Å². The van der Waals surface area contributed by atoms with E-state index in [1.165, 1.54) is 35.7 Å². The van der Waals surface area contributed by atoms with Gasteiger partial charge in [0.2, 0.25) is 10.0 Å². The van der Waals surface area contributed by atoms with Crippen molar-refractivity contribution in [2.75, 3.05) is 43.5 Å². The van der Waals surface area contributed by atoms with Gasteiger partial charge in [-0.2, -0.15) is 13.1 Å². The Morgan fingerprint density at radius 2 is 1.76 bits per heavy atom. The second kappa shape index (κ2) is 11.0. The van der Waals surface area contributed by atoms with Crippen LogP contribution < -0.4 is 19.7 Å². The SMILES string of the molecule is CCN(CC)S(=O)(=O)c1ccc(N2CCCC2)c(NC(=O)c2ccc(OC(F)F)c(OC)c2)c1. The van der Waals surface area contributed by atoms with Crippen LogP contribution in [0.3, 0.4) is 0 Å². The first kappa shape index (κ1) is 25.7. The molecule has 1 fully saturated rings. The van der Waals surface area contributed by atoms with Crippen LogP contribution >= 0.6 is 0 Å². The number of carbonyl (C=O) groups excluding carboxylic acids is 1. The lowest BCUT2D eigenvalue weighted by molar-refractivity contribution is -0.0512. The van der Waals surface area contributed by atoms with Crippen molar-refractivity contribution in [3.8, 4) is 11.5 Å². The van der Waals surface area contributed by atoms with Crippen molar-refractivity contribution in [1.29, 1.82) is 0 Å². The number of anilines is 2. The summed E-state index contributed by atoms with van der Waals surface area (Å²) in [4.78, 5) is 15.2. The average Bonchev–Trinajstić information content (AvgIpc) is 3.34. The normalized spacial score (nSPS) is 14.0. The summed E-state index contributed by atoms with van der Waals surface area (Å²) < 4.78 is 62.1. The van der Waals surface area contributed by atoms with E-state index in [2.05, 4.69) is 15.0 Å². The fourth-order valence-corrected chi connectivity index (χ4v) is 5.40. The molecule has 0 aliphatic carbocycles. The Hall–Kier alpha value is -2.92. The summed E-state index contributed by atoms with van der Waals surface area (Å²) in [6.45, 7) is 2.71. The molecule has 1 aliphatic rings. The largest absolute Gasteiger partial charge is 0.493 e. The molecular formula is C23H29F2N3O5S. The molecule has 0 unspecified atom stereocenters. The van der Waals surface area contributed by atoms with Crippen molar-refractivity contribution in [3.63, 3.8) is 0 Å². The van der Waals surface area contributed by atoms with Crippen LogP contribution in [0.5, 0.6) is 11.5 Å². The molecule has 0 saturated carbocycles. The van der Waals surface area contributed by atoms with Gasteiger partial charge in [-0.1, -0.05) is 13.8 Å². The predicted octanol–water partition coefficient (Wildman–Crippen LogP) is 4.18. The van der Waals surface area contributed by atoms with Crippen LogP contribution in [0, 0.1) is 0 Å². The fraction of sp³-hybridized carbons (Fsp3) is 0.435. The first-order valence-corrected chi connectivity index (χ1v) is 12.5. The minimum absolute atomic E-state index is 0.0226. The van der Waals surface area contributed by atoms with E-state index in [1.54, 1.807) is 26.0 Å². The zero-order chi connectivity index (χ0) is 24.9. The van der Waals surface area contributed by atoms with Gasteiger partial charge < -0.3 is 19.7 Å². The summed E-state index contributed by atoms with van der Waals surface area (Å²) in [5, 5.41) is 2.79. The van der Waals surface area contributed by atoms with Crippen molar-refractivity contribution in [2.45, 2.75) is 38.2 Å². The number of nitrogens with zero attached hydrogens (tertiary/aromatic N) is 2. The van der Waals surface area contributed by atoms with E-state index in [0.717, 1.165) is 25.9 Å². The molecule has 0 spiro atoms. The maximum Gasteiger partial charge on any atom is 0.387 e. The number of rotatable bonds is 10. The minimum Gasteiger partial charge on any atom is -0.493 e. The Bertz CT molecular complexity index is 1120. The molecule has 186 valence electrons. The van der Waals surface area contributed by atoms with Crippen molar-refractivity contribution >= 4 is 27.3 Å². The zero-order valence-electron chi connectivity index (χ0n) is 19.4. The highest BCUT2D eigenvalue weighted by Crippen LogP contribution is 2.34. The van der Waals surface area contributed by atoms with Crippen molar-refractivity contribution in [3.05, 3.63) is 42.0 Å². The number of amides is 1. The Labute approximate surface area is 198 Å². The smallest absolute Gasteiger partial charge is 0.387 e. The molecule has 1 N–H and O–H groups in total. The number of methoxy groups -OCH3 is 1. The molecule has 8 nitrogen and oxygen atoms in total. The molecule has 11 heteroatoms. The molecule has 0 bridgehead atoms. The van der Waals surface area contributed by atoms with Gasteiger partial charge in [-0.15, -0.1) is 0 Å². The van der Waals surface area contributed by atoms with Crippen LogP contribution in [-0.2, 0) is 10.0 Å². The van der Waals surface area contributed by atoms with Gasteiger partial charge in [0.25, 0.3) is 5.91 Å². The average molecular weight is 498 g/mol. The van der Waals surface area contributed by atoms with Crippen molar-refractivity contribution in [2.24, 2.45) is 0 Å². The Kier molecular flexibility index (Phi) is 8.32. The first-order valence-electron chi connectivity index (χ1n) is 11.0. The number of halogens is 2. The van der Waals surface area contributed by atoms with Gasteiger partial charge in [-0.3, -0.25) is 4.79 Å². The highest BCUT2D eigenvalue weighted by atomic mass is 32.2. The Morgan fingerprint density at radius 3 is 2.35 bits per heavy atom. The molecule has 1 heterocycles. The number of ether oxygens (including phenoxy) is 2. The lowest BCUT2D eigenvalue weighted by Gasteiger charge is -2.24. The fourth-order valence-electron chi connectivity index (χ4n) is 3.92. The van der Waals surface area contributed by atoms with Gasteiger partial charge >= 0.3 is 6.61 Å². The summed E-state index contributed by atoms with van der Waals surface area (Å²) in [5.74, 6) is -0.760. The van der Waals surface area contributed by atoms with E-state index in [4.69, 9.17) is 4.74 Å². The molecule has 0 radical (unpaired) electrons. The summed E-state index contributed by atoms with van der Waals surface area (Å²) in [6.07, 6.45) is 1.99. The van der Waals surface area contributed by atoms with Gasteiger partial charge in [0.05, 0.1) is 23.4 Å². The zero-order valence-corrected chi connectivity index (χ0v) is 20.2. The number of nitrogens with one attached hydrogen (secondary N) is 1. The van der Waals surface area contributed by atoms with Gasteiger partial charge in [0.1, 0.15) is 0 Å². The van der Waals surface area contributed by atoms with E-state index >= 15 is 0 Å². The van der Waals surface area contributed by atoms with Crippen LogP contribution in [0.4, 0.5) is 20.2 Å². The highest BCUT2D eigenvalue weighted by molar-refractivity contribution is 7.89. The molecule has 0 aromatic heterocycles. The third-order valence-corrected chi connectivity index (χ3v) is 7.69. The summed E-state index contributed by atoms with van der Waals surface area (Å²) in [6, 6.07) is 8.57. The lowest BCUT2D eigenvalue weighted by Crippen LogP contribution is -2.31. The number of alkyl halides is 2. The van der Waals surface area contributed by atoms with Crippen LogP contribution in [0.1, 0.15) is 37.0 Å². The summed E-state index contributed by atoms with van der Waals surface area (Å²) in [7, 11) is -2.46. The molecule has 34 heavy (non-hydrogen) atoms. The molecule has 2 aromatic rings. The molecule has 3 rings (SSSR count). The Morgan fingerprint density at radius 1 is 1.09 bits per heavy atom. The molecule has 2 aromatic carbocycles. The molecule has 1 saturated heterocycles. The number of benzene rings is 2. The second-order valence-electron chi connectivity index (χ2n) is 7.66. The Balaban J connectivity index is 1.97. The van der Waals surface area contributed by atoms with Crippen molar-refractivity contribution in [1.82, 2.24) is 4.31 Å². The first-order chi connectivity index (χ1) is 16.2. The van der Waals surface area contributed by atoms with Crippen molar-refractivity contribution < 1.29 is 31.5 Å². The van der Waals surface area contributed by atoms with Gasteiger partial charge in [0, 0.05) is 31.7 Å². The quantitative estimate of drug-likeness (QED) is 0.530. The number of sulfonamides is 1. The number of carbonyl (C=O) groups is 1. The van der Waals surface area contributed by atoms with E-state index in [-0.39, 0.29) is 22.0 Å². The number of hydrogen-bond acceptors (Lipinski definition) is 6. The van der Waals surface area contributed by atoms with E-state index in [0.29, 0.717) is 24.5 Å². The summed E-state index contributed by atoms with van der Waals surface area (Å²) >= 11 is 0. The molecule has 0 atom stereocenters. The maximum atomic E-state index is 13.1. The van der Waals surface area contributed by atoms with Gasteiger partial charge in [-0.05, 0) is 49.2 Å². The standard InChI is InChI=1S/C23H29F2N3O5S/c1-4-28(5-2)34(30,31)17-9-10-19(27-12-6-7-13-27)18(15-17)26-22(29)16-8-11-20(33-23(24)25)21(14-16)32-3/h8-11,14-15,23H,4-7,12-13H2,1-3H3,(H,26,29). The third kappa shape index (κ3) is 5.58. The van der Waals surface area contributed by atoms with Gasteiger partial charge in [0.15, 0.2) is 11.5 Å². The third-order valence-electron chi connectivity index (χ3n) is 5.65. The topological polar surface area (TPSA) is 88.2 Å². The second-order valence-corrected chi connectivity index (χ2v) is 9.60. The number of hydrogen-bond donors (Lipinski definition) is 1. The van der Waals surface area contributed by atoms with Crippen LogP contribution in [0.15, 0.2) is 41.3 Å². The van der Waals surface area contributed by atoms with E-state index in [9.17, 15) is 22.0 Å². The van der Waals surface area contributed by atoms with Crippen LogP contribution in [0.2, 0.25) is 0 Å². The minimum atomic E-state index is -3.74. The molecular weight excluding hydrogens is 468 g/mol. The van der Waals surface area contributed by atoms with Gasteiger partial charge in [-0.25, -0.2) is 8.42 Å². The maximum absolute atomic E-state index is 13.1. The predicted molar refractivity (Wildman–Crippen MR) is 126 cm³/mol. The molecule has 1 amide bonds. The van der Waals surface area contributed by atoms with Crippen LogP contribution in [0.25, 0.3) is 0 Å². The van der Waals surface area contributed by atoms with Crippen LogP contribution in [-0.4, -0.2) is 58.5 Å². The van der Waals surface area contributed by atoms with E-state index < -0.39 is 22.5 Å². The highest BCUT2D eigenvalue weighted by Gasteiger charge is 2.25. The monoisotopic (exact) mass is 497 g/mol. The summed E-state index contributed by atoms with van der Waals surface area (Å²) in [5.41, 5.74) is 1.21. The molecule has 1 aliphatic heterocycles.